The summed E-state index contributed by atoms with van der Waals surface area (Å²) < 4.78 is 11.5. The molecule has 0 bridgehead atoms. The van der Waals surface area contributed by atoms with Crippen LogP contribution < -0.4 is 21.9 Å². The highest BCUT2D eigenvalue weighted by Crippen LogP contribution is 2.45. The summed E-state index contributed by atoms with van der Waals surface area (Å²) in [6.45, 7) is 5.46. The number of hydrogen-bond donors (Lipinski definition) is 0. The molecule has 2 heterocycles. The van der Waals surface area contributed by atoms with Gasteiger partial charge in [0, 0.05) is 11.5 Å². The molecule has 1 aromatic rings. The Morgan fingerprint density at radius 1 is 1.45 bits per heavy atom. The molecular weight excluding hydrogens is 274 g/mol. The lowest BCUT2D eigenvalue weighted by Gasteiger charge is -2.44. The smallest absolute Gasteiger partial charge is 1.00 e. The Labute approximate surface area is 129 Å². The molecule has 0 unspecified atom stereocenters. The molecule has 0 aromatic heterocycles. The molecule has 0 spiro atoms. The highest BCUT2D eigenvalue weighted by Gasteiger charge is 2.38. The van der Waals surface area contributed by atoms with Gasteiger partial charge in [0.25, 0.3) is 0 Å². The summed E-state index contributed by atoms with van der Waals surface area (Å²) >= 11 is 0. The van der Waals surface area contributed by atoms with Gasteiger partial charge >= 0.3 is 1.43 Å². The third-order valence-electron chi connectivity index (χ3n) is 4.43. The third kappa shape index (κ3) is 2.61. The summed E-state index contributed by atoms with van der Waals surface area (Å²) in [4.78, 5) is 2.60. The number of piperidine rings is 1. The van der Waals surface area contributed by atoms with Crippen LogP contribution in [-0.2, 0) is 0 Å². The molecule has 4 heteroatoms. The number of nitrogens with zero attached hydrogens (tertiary/aromatic N) is 1. The van der Waals surface area contributed by atoms with Gasteiger partial charge in [0.1, 0.15) is 18.1 Å². The Bertz CT molecular complexity index is 442. The van der Waals surface area contributed by atoms with Gasteiger partial charge in [0.05, 0.1) is 13.2 Å². The molecule has 0 amide bonds. The molecule has 2 aliphatic rings. The lowest BCUT2D eigenvalue weighted by atomic mass is 9.81. The van der Waals surface area contributed by atoms with Gasteiger partial charge in [-0.1, -0.05) is 13.0 Å². The van der Waals surface area contributed by atoms with Gasteiger partial charge in [-0.15, -0.1) is 0 Å². The van der Waals surface area contributed by atoms with Crippen LogP contribution in [0, 0.1) is 0 Å². The minimum atomic E-state index is 0. The average Bonchev–Trinajstić information content (AvgIpc) is 2.47. The lowest BCUT2D eigenvalue weighted by Crippen LogP contribution is -3.00. The Kier molecular flexibility index (Phi) is 5.17. The number of fused-ring (bicyclic) bond motifs is 3. The molecule has 1 aromatic carbocycles. The summed E-state index contributed by atoms with van der Waals surface area (Å²) in [5.41, 5.74) is 1.29. The van der Waals surface area contributed by atoms with E-state index in [1.807, 2.05) is 6.07 Å². The first-order chi connectivity index (χ1) is 9.35. The average molecular weight is 298 g/mol. The van der Waals surface area contributed by atoms with Gasteiger partial charge in [-0.05, 0) is 44.5 Å². The van der Waals surface area contributed by atoms with E-state index in [9.17, 15) is 0 Å². The van der Waals surface area contributed by atoms with Crippen LogP contribution in [0.15, 0.2) is 18.2 Å². The number of ether oxygens (including phenoxy) is 2. The maximum Gasteiger partial charge on any atom is 1.00 e. The summed E-state index contributed by atoms with van der Waals surface area (Å²) in [6.07, 6.45) is 3.74. The van der Waals surface area contributed by atoms with Crippen LogP contribution in [-0.4, -0.2) is 37.7 Å². The van der Waals surface area contributed by atoms with E-state index >= 15 is 0 Å². The van der Waals surface area contributed by atoms with Gasteiger partial charge in [-0.3, -0.25) is 4.90 Å². The summed E-state index contributed by atoms with van der Waals surface area (Å²) in [5.74, 6) is 2.59. The van der Waals surface area contributed by atoms with E-state index in [0.29, 0.717) is 12.0 Å². The van der Waals surface area contributed by atoms with Crippen LogP contribution in [0.3, 0.4) is 0 Å². The van der Waals surface area contributed by atoms with Crippen molar-refractivity contribution in [1.29, 1.82) is 0 Å². The highest BCUT2D eigenvalue weighted by atomic mass is 35.5. The monoisotopic (exact) mass is 297 g/mol. The predicted molar refractivity (Wildman–Crippen MR) is 77.2 cm³/mol. The Hall–Kier alpha value is -0.930. The van der Waals surface area contributed by atoms with Crippen LogP contribution in [0.2, 0.25) is 0 Å². The number of benzene rings is 1. The highest BCUT2D eigenvalue weighted by molar-refractivity contribution is 5.49. The van der Waals surface area contributed by atoms with Crippen molar-refractivity contribution in [3.8, 4) is 11.5 Å². The fraction of sp³-hybridized carbons (Fsp3) is 0.625. The minimum absolute atomic E-state index is 0. The first-order valence-electron chi connectivity index (χ1n) is 7.39. The van der Waals surface area contributed by atoms with Crippen LogP contribution in [0.1, 0.15) is 39.1 Å². The number of methoxy groups -OCH3 is 1. The second kappa shape index (κ2) is 6.68. The lowest BCUT2D eigenvalue weighted by molar-refractivity contribution is -0.00000488. The Morgan fingerprint density at radius 2 is 2.30 bits per heavy atom. The molecule has 1 fully saturated rings. The van der Waals surface area contributed by atoms with Crippen LogP contribution in [0.25, 0.3) is 0 Å². The molecule has 2 atom stereocenters. The van der Waals surface area contributed by atoms with E-state index in [-0.39, 0.29) is 13.8 Å². The van der Waals surface area contributed by atoms with Crippen molar-refractivity contribution in [3.05, 3.63) is 23.8 Å². The van der Waals surface area contributed by atoms with Crippen LogP contribution in [0.4, 0.5) is 0 Å². The first-order valence-corrected chi connectivity index (χ1v) is 7.39. The molecule has 0 aliphatic carbocycles. The van der Waals surface area contributed by atoms with Gasteiger partial charge in [0.2, 0.25) is 0 Å². The third-order valence-corrected chi connectivity index (χ3v) is 4.43. The molecule has 0 radical (unpaired) electrons. The van der Waals surface area contributed by atoms with Gasteiger partial charge < -0.3 is 21.9 Å². The zero-order chi connectivity index (χ0) is 13.2. The molecule has 3 nitrogen and oxygen atoms in total. The van der Waals surface area contributed by atoms with E-state index < -0.39 is 0 Å². The van der Waals surface area contributed by atoms with E-state index in [4.69, 9.17) is 9.47 Å². The van der Waals surface area contributed by atoms with Crippen molar-refractivity contribution in [3.63, 3.8) is 0 Å². The molecule has 1 saturated heterocycles. The molecular formula is C16H24ClNO2. The minimum Gasteiger partial charge on any atom is -1.00 e. The number of halogens is 1. The van der Waals surface area contributed by atoms with Crippen molar-refractivity contribution in [2.75, 3.05) is 26.8 Å². The standard InChI is InChI=1S/C16H23NO2.ClH/c1-3-9-17-10-5-6-12-13(17)11-19-15-8-4-7-14(18-2)16(12)15;/h4,7-8,12-13H,3,5-6,9-11H2,1-2H3;1H/t12-,13+;/m1./s1. The second-order valence-corrected chi connectivity index (χ2v) is 5.54. The van der Waals surface area contributed by atoms with Gasteiger partial charge in [-0.25, -0.2) is 0 Å². The van der Waals surface area contributed by atoms with Crippen LogP contribution in [0.5, 0.6) is 11.5 Å². The zero-order valence-corrected chi connectivity index (χ0v) is 13.0. The first kappa shape index (κ1) is 15.5. The Morgan fingerprint density at radius 3 is 3.05 bits per heavy atom. The summed E-state index contributed by atoms with van der Waals surface area (Å²) in [5, 5.41) is 0. The van der Waals surface area contributed by atoms with Gasteiger partial charge in [0.15, 0.2) is 0 Å². The number of rotatable bonds is 3. The zero-order valence-electron chi connectivity index (χ0n) is 13.3. The molecule has 3 rings (SSSR count). The maximum absolute atomic E-state index is 5.99. The fourth-order valence-corrected chi connectivity index (χ4v) is 3.62. The molecule has 0 saturated carbocycles. The largest absolute Gasteiger partial charge is 1.00 e. The second-order valence-electron chi connectivity index (χ2n) is 5.54. The van der Waals surface area contributed by atoms with Crippen molar-refractivity contribution in [2.24, 2.45) is 0 Å². The predicted octanol–water partition coefficient (Wildman–Crippen LogP) is 0.162. The van der Waals surface area contributed by atoms with Gasteiger partial charge in [-0.2, -0.15) is 0 Å². The summed E-state index contributed by atoms with van der Waals surface area (Å²) in [7, 11) is 1.76. The molecule has 2 aliphatic heterocycles. The normalized spacial score (nSPS) is 24.9. The van der Waals surface area contributed by atoms with Crippen LogP contribution >= 0.6 is 0 Å². The van der Waals surface area contributed by atoms with E-state index in [1.165, 1.54) is 37.9 Å². The van der Waals surface area contributed by atoms with E-state index in [1.54, 1.807) is 7.11 Å². The maximum atomic E-state index is 5.99. The summed E-state index contributed by atoms with van der Waals surface area (Å²) in [6, 6.07) is 6.68. The van der Waals surface area contributed by atoms with E-state index in [0.717, 1.165) is 18.1 Å². The van der Waals surface area contributed by atoms with Crippen molar-refractivity contribution >= 4 is 0 Å². The molecule has 112 valence electrons. The number of hydrogen-bond acceptors (Lipinski definition) is 3. The quantitative estimate of drug-likeness (QED) is 0.793. The fourth-order valence-electron chi connectivity index (χ4n) is 3.62. The SMILES string of the molecule is CCCN1CCC[C@H]2c3c(OC)cccc3OC[C@@H]21.[Cl-].[H+]. The number of likely N-dealkylation sites (tertiary alicyclic amines) is 1. The topological polar surface area (TPSA) is 21.7 Å². The van der Waals surface area contributed by atoms with E-state index in [2.05, 4.69) is 24.0 Å². The van der Waals surface area contributed by atoms with Crippen molar-refractivity contribution in [1.82, 2.24) is 4.90 Å². The molecule has 0 N–H and O–H groups in total. The molecule has 20 heavy (non-hydrogen) atoms. The van der Waals surface area contributed by atoms with Crippen molar-refractivity contribution < 1.29 is 23.3 Å². The van der Waals surface area contributed by atoms with Crippen molar-refractivity contribution in [2.45, 2.75) is 38.1 Å². The Balaban J connectivity index is 0.00000110.